The van der Waals surface area contributed by atoms with Crippen molar-refractivity contribution >= 4 is 11.5 Å². The van der Waals surface area contributed by atoms with Crippen LogP contribution >= 0.6 is 0 Å². The first kappa shape index (κ1) is 10.2. The molecule has 0 aromatic carbocycles. The van der Waals surface area contributed by atoms with Gasteiger partial charge < -0.3 is 15.7 Å². The fourth-order valence-electron chi connectivity index (χ4n) is 2.21. The predicted molar refractivity (Wildman–Crippen MR) is 60.7 cm³/mol. The smallest absolute Gasteiger partial charge is 0.152 e. The zero-order valence-electron chi connectivity index (χ0n) is 8.93. The summed E-state index contributed by atoms with van der Waals surface area (Å²) in [6.45, 7) is 2.75. The van der Waals surface area contributed by atoms with E-state index in [0.29, 0.717) is 5.69 Å². The second kappa shape index (κ2) is 4.06. The fraction of sp³-hybridized carbons (Fsp3) is 0.545. The van der Waals surface area contributed by atoms with E-state index in [1.807, 2.05) is 19.1 Å². The second-order valence-corrected chi connectivity index (χ2v) is 4.06. The summed E-state index contributed by atoms with van der Waals surface area (Å²) < 4.78 is 0. The Hall–Kier alpha value is -1.29. The molecule has 2 atom stereocenters. The number of aliphatic hydroxyl groups is 1. The van der Waals surface area contributed by atoms with Gasteiger partial charge in [-0.05, 0) is 31.9 Å². The molecule has 0 amide bonds. The van der Waals surface area contributed by atoms with E-state index in [4.69, 9.17) is 5.73 Å². The van der Waals surface area contributed by atoms with Gasteiger partial charge in [-0.15, -0.1) is 0 Å². The zero-order valence-corrected chi connectivity index (χ0v) is 8.93. The third-order valence-corrected chi connectivity index (χ3v) is 2.95. The molecule has 15 heavy (non-hydrogen) atoms. The van der Waals surface area contributed by atoms with Crippen LogP contribution in [0.2, 0.25) is 0 Å². The van der Waals surface area contributed by atoms with E-state index in [9.17, 15) is 5.11 Å². The number of hydrogen-bond acceptors (Lipinski definition) is 4. The minimum absolute atomic E-state index is 0.155. The minimum Gasteiger partial charge on any atom is -0.396 e. The highest BCUT2D eigenvalue weighted by Gasteiger charge is 2.29. The molecule has 82 valence electrons. The number of aromatic nitrogens is 1. The number of rotatable bonds is 2. The SMILES string of the molecule is CC(O)C1CCCN1c1ncccc1N. The first-order valence-electron chi connectivity index (χ1n) is 5.35. The number of aliphatic hydroxyl groups excluding tert-OH is 1. The van der Waals surface area contributed by atoms with Gasteiger partial charge in [-0.25, -0.2) is 4.98 Å². The normalized spacial score (nSPS) is 23.1. The molecular formula is C11H17N3O. The van der Waals surface area contributed by atoms with Crippen LogP contribution in [0.1, 0.15) is 19.8 Å². The summed E-state index contributed by atoms with van der Waals surface area (Å²) in [7, 11) is 0. The maximum atomic E-state index is 9.66. The highest BCUT2D eigenvalue weighted by Crippen LogP contribution is 2.29. The van der Waals surface area contributed by atoms with E-state index in [0.717, 1.165) is 25.2 Å². The summed E-state index contributed by atoms with van der Waals surface area (Å²) in [4.78, 5) is 6.39. The molecule has 2 unspecified atom stereocenters. The second-order valence-electron chi connectivity index (χ2n) is 4.06. The van der Waals surface area contributed by atoms with Gasteiger partial charge in [0.2, 0.25) is 0 Å². The average molecular weight is 207 g/mol. The van der Waals surface area contributed by atoms with Crippen LogP contribution in [-0.2, 0) is 0 Å². The molecule has 0 saturated carbocycles. The van der Waals surface area contributed by atoms with E-state index in [1.165, 1.54) is 0 Å². The van der Waals surface area contributed by atoms with Crippen LogP contribution in [-0.4, -0.2) is 28.8 Å². The summed E-state index contributed by atoms with van der Waals surface area (Å²) in [6, 6.07) is 3.83. The molecule has 1 aromatic rings. The van der Waals surface area contributed by atoms with E-state index >= 15 is 0 Å². The Bertz CT molecular complexity index is 340. The van der Waals surface area contributed by atoms with Gasteiger partial charge in [0.1, 0.15) is 0 Å². The van der Waals surface area contributed by atoms with Crippen molar-refractivity contribution in [2.24, 2.45) is 0 Å². The Morgan fingerprint density at radius 1 is 1.67 bits per heavy atom. The molecule has 4 heteroatoms. The van der Waals surface area contributed by atoms with Gasteiger partial charge in [-0.1, -0.05) is 0 Å². The number of nitrogens with two attached hydrogens (primary N) is 1. The van der Waals surface area contributed by atoms with Crippen molar-refractivity contribution in [1.82, 2.24) is 4.98 Å². The third kappa shape index (κ3) is 1.90. The largest absolute Gasteiger partial charge is 0.396 e. The standard InChI is InChI=1S/C11H17N3O/c1-8(15)10-5-3-7-14(10)11-9(12)4-2-6-13-11/h2,4,6,8,10,15H,3,5,7,12H2,1H3. The predicted octanol–water partition coefficient (Wildman–Crippen LogP) is 1.01. The molecule has 0 radical (unpaired) electrons. The molecule has 0 spiro atoms. The summed E-state index contributed by atoms with van der Waals surface area (Å²) in [5, 5.41) is 9.66. The summed E-state index contributed by atoms with van der Waals surface area (Å²) in [5.41, 5.74) is 6.56. The summed E-state index contributed by atoms with van der Waals surface area (Å²) >= 11 is 0. The third-order valence-electron chi connectivity index (χ3n) is 2.95. The van der Waals surface area contributed by atoms with Crippen LogP contribution in [0.3, 0.4) is 0 Å². The molecule has 1 fully saturated rings. The van der Waals surface area contributed by atoms with Gasteiger partial charge in [0.05, 0.1) is 17.8 Å². The average Bonchev–Trinajstić information content (AvgIpc) is 2.67. The van der Waals surface area contributed by atoms with E-state index < -0.39 is 0 Å². The molecule has 0 bridgehead atoms. The van der Waals surface area contributed by atoms with Crippen molar-refractivity contribution in [3.8, 4) is 0 Å². The van der Waals surface area contributed by atoms with Gasteiger partial charge >= 0.3 is 0 Å². The number of nitrogens with zero attached hydrogens (tertiary/aromatic N) is 2. The Kier molecular flexibility index (Phi) is 2.77. The van der Waals surface area contributed by atoms with Crippen LogP contribution < -0.4 is 10.6 Å². The number of anilines is 2. The van der Waals surface area contributed by atoms with Crippen molar-refractivity contribution in [1.29, 1.82) is 0 Å². The van der Waals surface area contributed by atoms with Crippen LogP contribution in [0.4, 0.5) is 11.5 Å². The summed E-state index contributed by atoms with van der Waals surface area (Å²) in [5.74, 6) is 0.806. The monoisotopic (exact) mass is 207 g/mol. The van der Waals surface area contributed by atoms with Crippen LogP contribution in [0.15, 0.2) is 18.3 Å². The van der Waals surface area contributed by atoms with E-state index in [2.05, 4.69) is 9.88 Å². The van der Waals surface area contributed by atoms with Crippen molar-refractivity contribution in [3.05, 3.63) is 18.3 Å². The first-order valence-corrected chi connectivity index (χ1v) is 5.35. The number of pyridine rings is 1. The van der Waals surface area contributed by atoms with Gasteiger partial charge in [0.15, 0.2) is 5.82 Å². The molecule has 1 aromatic heterocycles. The molecular weight excluding hydrogens is 190 g/mol. The lowest BCUT2D eigenvalue weighted by Gasteiger charge is -2.28. The maximum Gasteiger partial charge on any atom is 0.152 e. The van der Waals surface area contributed by atoms with Gasteiger partial charge in [-0.3, -0.25) is 0 Å². The maximum absolute atomic E-state index is 9.66. The lowest BCUT2D eigenvalue weighted by molar-refractivity contribution is 0.164. The lowest BCUT2D eigenvalue weighted by atomic mass is 10.1. The Morgan fingerprint density at radius 3 is 3.13 bits per heavy atom. The highest BCUT2D eigenvalue weighted by molar-refractivity contribution is 5.63. The van der Waals surface area contributed by atoms with Gasteiger partial charge in [0.25, 0.3) is 0 Å². The Labute approximate surface area is 89.7 Å². The molecule has 1 saturated heterocycles. The molecule has 4 nitrogen and oxygen atoms in total. The van der Waals surface area contributed by atoms with E-state index in [1.54, 1.807) is 6.20 Å². The number of nitrogen functional groups attached to an aromatic ring is 1. The minimum atomic E-state index is -0.339. The van der Waals surface area contributed by atoms with Crippen LogP contribution in [0, 0.1) is 0 Å². The highest BCUT2D eigenvalue weighted by atomic mass is 16.3. The molecule has 0 aliphatic carbocycles. The lowest BCUT2D eigenvalue weighted by Crippen LogP contribution is -2.38. The molecule has 1 aliphatic heterocycles. The Balaban J connectivity index is 2.27. The van der Waals surface area contributed by atoms with Crippen molar-refractivity contribution in [2.45, 2.75) is 31.9 Å². The Morgan fingerprint density at radius 2 is 2.47 bits per heavy atom. The zero-order chi connectivity index (χ0) is 10.8. The van der Waals surface area contributed by atoms with Crippen molar-refractivity contribution in [2.75, 3.05) is 17.2 Å². The van der Waals surface area contributed by atoms with Crippen molar-refractivity contribution < 1.29 is 5.11 Å². The van der Waals surface area contributed by atoms with Gasteiger partial charge in [-0.2, -0.15) is 0 Å². The van der Waals surface area contributed by atoms with Crippen molar-refractivity contribution in [3.63, 3.8) is 0 Å². The molecule has 3 N–H and O–H groups in total. The molecule has 2 rings (SSSR count). The van der Waals surface area contributed by atoms with Crippen LogP contribution in [0.5, 0.6) is 0 Å². The quantitative estimate of drug-likeness (QED) is 0.760. The fourth-order valence-corrected chi connectivity index (χ4v) is 2.21. The molecule has 1 aliphatic rings. The number of hydrogen-bond donors (Lipinski definition) is 2. The van der Waals surface area contributed by atoms with E-state index in [-0.39, 0.29) is 12.1 Å². The topological polar surface area (TPSA) is 62.4 Å². The van der Waals surface area contributed by atoms with Crippen LogP contribution in [0.25, 0.3) is 0 Å². The molecule has 2 heterocycles. The van der Waals surface area contributed by atoms with Gasteiger partial charge in [0, 0.05) is 12.7 Å². The summed E-state index contributed by atoms with van der Waals surface area (Å²) in [6.07, 6.45) is 3.50. The first-order chi connectivity index (χ1) is 7.20.